The van der Waals surface area contributed by atoms with Crippen molar-refractivity contribution < 1.29 is 13.2 Å². The molecule has 0 bridgehead atoms. The van der Waals surface area contributed by atoms with Crippen LogP contribution in [0.3, 0.4) is 0 Å². The molecular formula is C7H8ClNO3S2. The van der Waals surface area contributed by atoms with Gasteiger partial charge in [-0.25, -0.2) is 13.4 Å². The lowest BCUT2D eigenvalue weighted by molar-refractivity contribution is 0.108. The fraction of sp³-hybridized carbons (Fsp3) is 0.429. The van der Waals surface area contributed by atoms with Gasteiger partial charge in [-0.1, -0.05) is 18.3 Å². The van der Waals surface area contributed by atoms with Crippen molar-refractivity contribution in [2.75, 3.05) is 6.26 Å². The molecule has 0 saturated carbocycles. The van der Waals surface area contributed by atoms with Gasteiger partial charge in [-0.2, -0.15) is 0 Å². The summed E-state index contributed by atoms with van der Waals surface area (Å²) in [7, 11) is -3.35. The summed E-state index contributed by atoms with van der Waals surface area (Å²) >= 11 is 6.11. The van der Waals surface area contributed by atoms with Crippen LogP contribution in [-0.2, 0) is 16.3 Å². The van der Waals surface area contributed by atoms with Gasteiger partial charge in [0.15, 0.2) is 0 Å². The molecule has 0 N–H and O–H groups in total. The first-order chi connectivity index (χ1) is 6.36. The van der Waals surface area contributed by atoms with Crippen LogP contribution in [0.1, 0.15) is 22.3 Å². The maximum atomic E-state index is 11.1. The van der Waals surface area contributed by atoms with Crippen molar-refractivity contribution in [2.24, 2.45) is 0 Å². The first kappa shape index (κ1) is 11.6. The Labute approximate surface area is 90.8 Å². The van der Waals surface area contributed by atoms with Crippen molar-refractivity contribution in [2.45, 2.75) is 17.7 Å². The Morgan fingerprint density at radius 1 is 1.57 bits per heavy atom. The Bertz CT molecular complexity index is 463. The number of sulfone groups is 1. The SMILES string of the molecule is CCc1nc(S(C)(=O)=O)sc1C(=O)Cl. The number of carbonyl (C=O) groups excluding carboxylic acids is 1. The predicted molar refractivity (Wildman–Crippen MR) is 54.8 cm³/mol. The topological polar surface area (TPSA) is 64.1 Å². The minimum Gasteiger partial charge on any atom is -0.275 e. The van der Waals surface area contributed by atoms with Crippen LogP contribution in [0.5, 0.6) is 0 Å². The number of halogens is 1. The molecular weight excluding hydrogens is 246 g/mol. The predicted octanol–water partition coefficient (Wildman–Crippen LogP) is 1.49. The highest BCUT2D eigenvalue weighted by molar-refractivity contribution is 7.92. The number of nitrogens with zero attached hydrogens (tertiary/aromatic N) is 1. The van der Waals surface area contributed by atoms with E-state index in [4.69, 9.17) is 11.6 Å². The molecule has 1 aromatic heterocycles. The highest BCUT2D eigenvalue weighted by Crippen LogP contribution is 2.24. The summed E-state index contributed by atoms with van der Waals surface area (Å²) in [6.45, 7) is 1.78. The van der Waals surface area contributed by atoms with Gasteiger partial charge in [0.2, 0.25) is 14.2 Å². The fourth-order valence-corrected chi connectivity index (χ4v) is 2.96. The number of aromatic nitrogens is 1. The van der Waals surface area contributed by atoms with Crippen molar-refractivity contribution in [3.63, 3.8) is 0 Å². The van der Waals surface area contributed by atoms with Gasteiger partial charge in [0, 0.05) is 6.26 Å². The normalized spacial score (nSPS) is 11.6. The van der Waals surface area contributed by atoms with E-state index in [0.717, 1.165) is 17.6 Å². The third-order valence-electron chi connectivity index (χ3n) is 1.51. The standard InChI is InChI=1S/C7H8ClNO3S2/c1-3-4-5(6(8)10)13-7(9-4)14(2,11)12/h3H2,1-2H3. The van der Waals surface area contributed by atoms with E-state index >= 15 is 0 Å². The van der Waals surface area contributed by atoms with Crippen molar-refractivity contribution in [3.05, 3.63) is 10.6 Å². The smallest absolute Gasteiger partial charge is 0.264 e. The molecule has 0 saturated heterocycles. The zero-order valence-corrected chi connectivity index (χ0v) is 9.96. The molecule has 0 aliphatic rings. The minimum atomic E-state index is -3.35. The van der Waals surface area contributed by atoms with E-state index < -0.39 is 15.1 Å². The van der Waals surface area contributed by atoms with Gasteiger partial charge in [-0.05, 0) is 18.0 Å². The quantitative estimate of drug-likeness (QED) is 0.766. The van der Waals surface area contributed by atoms with Crippen molar-refractivity contribution in [1.82, 2.24) is 4.98 Å². The molecule has 0 spiro atoms. The number of aryl methyl sites for hydroxylation is 1. The van der Waals surface area contributed by atoms with Gasteiger partial charge in [-0.15, -0.1) is 0 Å². The molecule has 0 aliphatic heterocycles. The van der Waals surface area contributed by atoms with E-state index in [1.54, 1.807) is 6.92 Å². The molecule has 1 rings (SSSR count). The second-order valence-electron chi connectivity index (χ2n) is 2.66. The first-order valence-corrected chi connectivity index (χ1v) is 6.84. The lowest BCUT2D eigenvalue weighted by Gasteiger charge is -1.89. The Morgan fingerprint density at radius 2 is 2.14 bits per heavy atom. The summed E-state index contributed by atoms with van der Waals surface area (Å²) in [5.41, 5.74) is 0.440. The molecule has 14 heavy (non-hydrogen) atoms. The highest BCUT2D eigenvalue weighted by atomic mass is 35.5. The van der Waals surface area contributed by atoms with Gasteiger partial charge >= 0.3 is 0 Å². The van der Waals surface area contributed by atoms with Crippen LogP contribution in [0.2, 0.25) is 0 Å². The molecule has 7 heteroatoms. The molecule has 1 aromatic rings. The molecule has 0 fully saturated rings. The molecule has 78 valence electrons. The first-order valence-electron chi connectivity index (χ1n) is 3.75. The molecule has 1 heterocycles. The zero-order valence-electron chi connectivity index (χ0n) is 7.57. The Hall–Kier alpha value is -0.460. The van der Waals surface area contributed by atoms with E-state index in [1.165, 1.54) is 0 Å². The summed E-state index contributed by atoms with van der Waals surface area (Å²) in [6.07, 6.45) is 1.54. The third-order valence-corrected chi connectivity index (χ3v) is 4.58. The van der Waals surface area contributed by atoms with Crippen LogP contribution in [0.25, 0.3) is 0 Å². The molecule has 0 atom stereocenters. The third kappa shape index (κ3) is 2.31. The maximum Gasteiger partial charge on any atom is 0.264 e. The number of rotatable bonds is 3. The molecule has 0 amide bonds. The Morgan fingerprint density at radius 3 is 2.43 bits per heavy atom. The van der Waals surface area contributed by atoms with Gasteiger partial charge in [0.25, 0.3) is 5.24 Å². The fourth-order valence-electron chi connectivity index (χ4n) is 0.882. The average molecular weight is 254 g/mol. The van der Waals surface area contributed by atoms with Crippen LogP contribution in [0.4, 0.5) is 0 Å². The average Bonchev–Trinajstić information content (AvgIpc) is 2.45. The molecule has 0 aromatic carbocycles. The lowest BCUT2D eigenvalue weighted by atomic mass is 10.3. The van der Waals surface area contributed by atoms with Crippen molar-refractivity contribution in [1.29, 1.82) is 0 Å². The van der Waals surface area contributed by atoms with Crippen LogP contribution in [0, 0.1) is 0 Å². The van der Waals surface area contributed by atoms with E-state index in [0.29, 0.717) is 12.1 Å². The van der Waals surface area contributed by atoms with Gasteiger partial charge in [0.1, 0.15) is 4.88 Å². The number of hydrogen-bond donors (Lipinski definition) is 0. The van der Waals surface area contributed by atoms with Gasteiger partial charge in [0.05, 0.1) is 5.69 Å². The molecule has 0 unspecified atom stereocenters. The van der Waals surface area contributed by atoms with Crippen LogP contribution in [-0.4, -0.2) is 24.9 Å². The lowest BCUT2D eigenvalue weighted by Crippen LogP contribution is -1.96. The van der Waals surface area contributed by atoms with Crippen molar-refractivity contribution >= 4 is 38.0 Å². The Balaban J connectivity index is 3.34. The van der Waals surface area contributed by atoms with E-state index in [9.17, 15) is 13.2 Å². The highest BCUT2D eigenvalue weighted by Gasteiger charge is 2.20. The van der Waals surface area contributed by atoms with Crippen LogP contribution >= 0.6 is 22.9 Å². The van der Waals surface area contributed by atoms with Crippen LogP contribution < -0.4 is 0 Å². The zero-order chi connectivity index (χ0) is 10.9. The molecule has 0 aliphatic carbocycles. The van der Waals surface area contributed by atoms with Crippen molar-refractivity contribution in [3.8, 4) is 0 Å². The molecule has 4 nitrogen and oxygen atoms in total. The monoisotopic (exact) mass is 253 g/mol. The second-order valence-corrected chi connectivity index (χ2v) is 6.19. The van der Waals surface area contributed by atoms with E-state index in [1.807, 2.05) is 0 Å². The Kier molecular flexibility index (Phi) is 3.28. The van der Waals surface area contributed by atoms with Crippen LogP contribution in [0.15, 0.2) is 4.34 Å². The summed E-state index contributed by atoms with van der Waals surface area (Å²) in [5.74, 6) is 0. The minimum absolute atomic E-state index is 0.0571. The summed E-state index contributed by atoms with van der Waals surface area (Å²) in [6, 6.07) is 0. The number of hydrogen-bond acceptors (Lipinski definition) is 5. The summed E-state index contributed by atoms with van der Waals surface area (Å²) in [5, 5.41) is -0.658. The summed E-state index contributed by atoms with van der Waals surface area (Å²) in [4.78, 5) is 15.0. The summed E-state index contributed by atoms with van der Waals surface area (Å²) < 4.78 is 22.2. The largest absolute Gasteiger partial charge is 0.275 e. The van der Waals surface area contributed by atoms with Gasteiger partial charge < -0.3 is 0 Å². The maximum absolute atomic E-state index is 11.1. The van der Waals surface area contributed by atoms with E-state index in [-0.39, 0.29) is 9.22 Å². The number of carbonyl (C=O) groups is 1. The number of thiazole rings is 1. The second kappa shape index (κ2) is 3.96. The van der Waals surface area contributed by atoms with E-state index in [2.05, 4.69) is 4.98 Å². The van der Waals surface area contributed by atoms with Gasteiger partial charge in [-0.3, -0.25) is 4.79 Å². The molecule has 0 radical (unpaired) electrons.